The Morgan fingerprint density at radius 3 is 2.67 bits per heavy atom. The summed E-state index contributed by atoms with van der Waals surface area (Å²) >= 11 is 12.1. The molecule has 0 aliphatic heterocycles. The minimum absolute atomic E-state index is 0.103. The molecule has 1 heterocycles. The number of carboxylic acids is 1. The van der Waals surface area contributed by atoms with E-state index in [1.165, 1.54) is 0 Å². The summed E-state index contributed by atoms with van der Waals surface area (Å²) < 4.78 is 5.36. The van der Waals surface area contributed by atoms with Crippen molar-refractivity contribution in [2.45, 2.75) is 31.6 Å². The number of rotatable bonds is 3. The van der Waals surface area contributed by atoms with Gasteiger partial charge in [-0.1, -0.05) is 41.2 Å². The molecule has 0 amide bonds. The predicted octanol–water partition coefficient (Wildman–Crippen LogP) is 5.00. The van der Waals surface area contributed by atoms with Gasteiger partial charge in [-0.05, 0) is 31.0 Å². The molecule has 0 radical (unpaired) electrons. The van der Waals surface area contributed by atoms with Gasteiger partial charge in [0.25, 0.3) is 0 Å². The Balaban J connectivity index is 2.14. The molecule has 1 aliphatic rings. The van der Waals surface area contributed by atoms with Gasteiger partial charge in [-0.3, -0.25) is 0 Å². The maximum atomic E-state index is 11.7. The number of carbonyl (C=O) groups is 1. The summed E-state index contributed by atoms with van der Waals surface area (Å²) in [5.41, 5.74) is 0.831. The molecule has 1 N–H and O–H groups in total. The van der Waals surface area contributed by atoms with Crippen molar-refractivity contribution < 1.29 is 14.4 Å². The van der Waals surface area contributed by atoms with Crippen molar-refractivity contribution in [2.24, 2.45) is 0 Å². The van der Waals surface area contributed by atoms with E-state index in [1.54, 1.807) is 18.2 Å². The molecule has 4 nitrogen and oxygen atoms in total. The molecular formula is C15H13Cl2NO3. The van der Waals surface area contributed by atoms with Gasteiger partial charge in [0.15, 0.2) is 5.76 Å². The molecule has 0 unspecified atom stereocenters. The van der Waals surface area contributed by atoms with E-state index < -0.39 is 5.97 Å². The lowest BCUT2D eigenvalue weighted by Crippen LogP contribution is -2.04. The fraction of sp³-hybridized carbons (Fsp3) is 0.333. The van der Waals surface area contributed by atoms with E-state index in [0.29, 0.717) is 21.4 Å². The van der Waals surface area contributed by atoms with Crippen LogP contribution in [-0.2, 0) is 0 Å². The van der Waals surface area contributed by atoms with Gasteiger partial charge in [0.1, 0.15) is 11.3 Å². The molecular weight excluding hydrogens is 313 g/mol. The number of carboxylic acid groups (broad SMARTS) is 1. The van der Waals surface area contributed by atoms with Gasteiger partial charge in [0.2, 0.25) is 0 Å². The normalized spacial score (nSPS) is 15.5. The van der Waals surface area contributed by atoms with Crippen molar-refractivity contribution in [3.05, 3.63) is 39.6 Å². The van der Waals surface area contributed by atoms with Crippen molar-refractivity contribution in [1.29, 1.82) is 0 Å². The van der Waals surface area contributed by atoms with Crippen LogP contribution in [0.15, 0.2) is 22.7 Å². The smallest absolute Gasteiger partial charge is 0.341 e. The summed E-state index contributed by atoms with van der Waals surface area (Å²) in [4.78, 5) is 11.7. The highest BCUT2D eigenvalue weighted by Gasteiger charge is 2.31. The van der Waals surface area contributed by atoms with E-state index in [0.717, 1.165) is 25.7 Å². The third kappa shape index (κ3) is 2.65. The summed E-state index contributed by atoms with van der Waals surface area (Å²) in [5, 5.41) is 14.4. The second kappa shape index (κ2) is 5.70. The molecule has 110 valence electrons. The first kappa shape index (κ1) is 14.4. The number of aromatic nitrogens is 1. The highest BCUT2D eigenvalue weighted by atomic mass is 35.5. The highest BCUT2D eigenvalue weighted by Crippen LogP contribution is 2.40. The molecule has 0 spiro atoms. The third-order valence-electron chi connectivity index (χ3n) is 3.84. The second-order valence-corrected chi connectivity index (χ2v) is 6.02. The lowest BCUT2D eigenvalue weighted by molar-refractivity contribution is 0.0694. The fourth-order valence-electron chi connectivity index (χ4n) is 2.84. The van der Waals surface area contributed by atoms with E-state index in [4.69, 9.17) is 27.7 Å². The summed E-state index contributed by atoms with van der Waals surface area (Å²) in [7, 11) is 0. The van der Waals surface area contributed by atoms with Crippen molar-refractivity contribution in [3.63, 3.8) is 0 Å². The zero-order valence-electron chi connectivity index (χ0n) is 11.1. The molecule has 1 aromatic carbocycles. The lowest BCUT2D eigenvalue weighted by atomic mass is 9.97. The van der Waals surface area contributed by atoms with Crippen LogP contribution in [0, 0.1) is 0 Å². The van der Waals surface area contributed by atoms with Crippen molar-refractivity contribution in [3.8, 4) is 11.3 Å². The zero-order chi connectivity index (χ0) is 15.0. The molecule has 6 heteroatoms. The van der Waals surface area contributed by atoms with Gasteiger partial charge in [-0.2, -0.15) is 0 Å². The van der Waals surface area contributed by atoms with Gasteiger partial charge >= 0.3 is 5.97 Å². The molecule has 1 aromatic heterocycles. The van der Waals surface area contributed by atoms with Crippen molar-refractivity contribution in [2.75, 3.05) is 0 Å². The number of hydrogen-bond donors (Lipinski definition) is 1. The predicted molar refractivity (Wildman–Crippen MR) is 80.1 cm³/mol. The summed E-state index contributed by atoms with van der Waals surface area (Å²) in [5.74, 6) is -0.481. The molecule has 1 saturated carbocycles. The quantitative estimate of drug-likeness (QED) is 0.862. The zero-order valence-corrected chi connectivity index (χ0v) is 12.6. The molecule has 2 aromatic rings. The summed E-state index contributed by atoms with van der Waals surface area (Å²) in [6, 6.07) is 4.87. The molecule has 3 rings (SSSR count). The van der Waals surface area contributed by atoms with E-state index in [-0.39, 0.29) is 17.2 Å². The Kier molecular flexibility index (Phi) is 3.91. The second-order valence-electron chi connectivity index (χ2n) is 5.18. The van der Waals surface area contributed by atoms with Crippen LogP contribution in [-0.4, -0.2) is 16.2 Å². The van der Waals surface area contributed by atoms with Crippen molar-refractivity contribution >= 4 is 29.2 Å². The van der Waals surface area contributed by atoms with Crippen LogP contribution in [0.4, 0.5) is 0 Å². The minimum atomic E-state index is -1.05. The Bertz CT molecular complexity index is 690. The minimum Gasteiger partial charge on any atom is -0.477 e. The Morgan fingerprint density at radius 2 is 2.00 bits per heavy atom. The maximum absolute atomic E-state index is 11.7. The van der Waals surface area contributed by atoms with Crippen LogP contribution in [0.5, 0.6) is 0 Å². The van der Waals surface area contributed by atoms with Crippen molar-refractivity contribution in [1.82, 2.24) is 5.16 Å². The number of nitrogens with zero attached hydrogens (tertiary/aromatic N) is 1. The molecule has 21 heavy (non-hydrogen) atoms. The third-order valence-corrected chi connectivity index (χ3v) is 4.41. The Morgan fingerprint density at radius 1 is 1.29 bits per heavy atom. The first-order chi connectivity index (χ1) is 10.1. The summed E-state index contributed by atoms with van der Waals surface area (Å²) in [6.07, 6.45) is 4.02. The van der Waals surface area contributed by atoms with Crippen LogP contribution in [0.2, 0.25) is 10.0 Å². The van der Waals surface area contributed by atoms with Crippen LogP contribution in [0.3, 0.4) is 0 Å². The van der Waals surface area contributed by atoms with E-state index in [9.17, 15) is 9.90 Å². The molecule has 1 fully saturated rings. The maximum Gasteiger partial charge on any atom is 0.341 e. The van der Waals surface area contributed by atoms with Gasteiger partial charge in [-0.25, -0.2) is 4.79 Å². The van der Waals surface area contributed by atoms with Crippen LogP contribution in [0.1, 0.15) is 47.7 Å². The standard InChI is InChI=1S/C15H13Cl2NO3/c16-9-5-6-11(17)10(7-9)13-12(15(19)20)14(21-18-13)8-3-1-2-4-8/h5-8H,1-4H2,(H,19,20). The van der Waals surface area contributed by atoms with E-state index in [2.05, 4.69) is 5.16 Å². The molecule has 0 saturated heterocycles. The Hall–Kier alpha value is -1.52. The van der Waals surface area contributed by atoms with Gasteiger partial charge in [-0.15, -0.1) is 0 Å². The number of halogens is 2. The van der Waals surface area contributed by atoms with Crippen LogP contribution >= 0.6 is 23.2 Å². The van der Waals surface area contributed by atoms with Gasteiger partial charge in [0, 0.05) is 16.5 Å². The monoisotopic (exact) mass is 325 g/mol. The van der Waals surface area contributed by atoms with Gasteiger partial charge in [0.05, 0.1) is 5.02 Å². The Labute approximate surface area is 131 Å². The summed E-state index contributed by atoms with van der Waals surface area (Å²) in [6.45, 7) is 0. The first-order valence-electron chi connectivity index (χ1n) is 6.76. The number of aromatic carboxylic acids is 1. The molecule has 1 aliphatic carbocycles. The van der Waals surface area contributed by atoms with E-state index in [1.807, 2.05) is 0 Å². The molecule has 0 atom stereocenters. The van der Waals surface area contributed by atoms with E-state index >= 15 is 0 Å². The van der Waals surface area contributed by atoms with Gasteiger partial charge < -0.3 is 9.63 Å². The van der Waals surface area contributed by atoms with Crippen LogP contribution < -0.4 is 0 Å². The highest BCUT2D eigenvalue weighted by molar-refractivity contribution is 6.35. The topological polar surface area (TPSA) is 63.3 Å². The first-order valence-corrected chi connectivity index (χ1v) is 7.52. The SMILES string of the molecule is O=C(O)c1c(-c2cc(Cl)ccc2Cl)noc1C1CCCC1. The van der Waals surface area contributed by atoms with Crippen LogP contribution in [0.25, 0.3) is 11.3 Å². The lowest BCUT2D eigenvalue weighted by Gasteiger charge is -2.06. The average molecular weight is 326 g/mol. The average Bonchev–Trinajstić information content (AvgIpc) is 3.08. The molecule has 0 bridgehead atoms. The fourth-order valence-corrected chi connectivity index (χ4v) is 3.22. The largest absolute Gasteiger partial charge is 0.477 e. The number of hydrogen-bond acceptors (Lipinski definition) is 3. The number of benzene rings is 1.